The van der Waals surface area contributed by atoms with Gasteiger partial charge in [0, 0.05) is 31.2 Å². The van der Waals surface area contributed by atoms with E-state index in [1.807, 2.05) is 0 Å². The molecule has 1 fully saturated rings. The predicted octanol–water partition coefficient (Wildman–Crippen LogP) is 5.37. The Bertz CT molecular complexity index is 1050. The summed E-state index contributed by atoms with van der Waals surface area (Å²) in [5.74, 6) is -1.30. The molecule has 3 aromatic carbocycles. The summed E-state index contributed by atoms with van der Waals surface area (Å²) in [6, 6.07) is 19.2. The molecule has 0 aliphatic carbocycles. The fraction of sp³-hybridized carbons (Fsp3) is 0.269. The van der Waals surface area contributed by atoms with Crippen LogP contribution in [0.4, 0.5) is 13.2 Å². The first-order valence-corrected chi connectivity index (χ1v) is 10.7. The largest absolute Gasteiger partial charge is 0.352 e. The highest BCUT2D eigenvalue weighted by Gasteiger charge is 2.33. The molecule has 0 spiro atoms. The lowest BCUT2D eigenvalue weighted by Gasteiger charge is -2.39. The first-order valence-electron chi connectivity index (χ1n) is 10.7. The summed E-state index contributed by atoms with van der Waals surface area (Å²) in [6.45, 7) is 1.18. The van der Waals surface area contributed by atoms with Crippen molar-refractivity contribution in [3.05, 3.63) is 107 Å². The van der Waals surface area contributed by atoms with E-state index in [4.69, 9.17) is 0 Å². The molecule has 0 saturated carbocycles. The maximum Gasteiger partial charge on any atom is 0.224 e. The zero-order valence-corrected chi connectivity index (χ0v) is 17.6. The van der Waals surface area contributed by atoms with E-state index < -0.39 is 0 Å². The van der Waals surface area contributed by atoms with Crippen molar-refractivity contribution in [2.45, 2.75) is 32.0 Å². The number of nitrogens with one attached hydrogen (secondary N) is 1. The third-order valence-corrected chi connectivity index (χ3v) is 6.02. The molecular weight excluding hydrogens is 413 g/mol. The average molecular weight is 438 g/mol. The Morgan fingerprint density at radius 1 is 0.875 bits per heavy atom. The van der Waals surface area contributed by atoms with Crippen molar-refractivity contribution in [3.8, 4) is 0 Å². The fourth-order valence-electron chi connectivity index (χ4n) is 4.29. The number of benzene rings is 3. The number of hydrogen-bond donors (Lipinski definition) is 1. The second-order valence-electron chi connectivity index (χ2n) is 8.21. The van der Waals surface area contributed by atoms with Crippen LogP contribution in [0.15, 0.2) is 72.8 Å². The molecule has 2 atom stereocenters. The lowest BCUT2D eigenvalue weighted by Crippen LogP contribution is -2.44. The van der Waals surface area contributed by atoms with Gasteiger partial charge in [0.2, 0.25) is 5.91 Å². The van der Waals surface area contributed by atoms with Crippen molar-refractivity contribution in [1.29, 1.82) is 0 Å². The first-order chi connectivity index (χ1) is 15.5. The Balaban J connectivity index is 1.48. The number of carbonyl (C=O) groups excluding carboxylic acids is 1. The molecule has 1 N–H and O–H groups in total. The molecule has 1 aliphatic rings. The molecule has 3 nitrogen and oxygen atoms in total. The number of rotatable bonds is 6. The summed E-state index contributed by atoms with van der Waals surface area (Å²) >= 11 is 0. The lowest BCUT2D eigenvalue weighted by atomic mass is 9.88. The summed E-state index contributed by atoms with van der Waals surface area (Å²) in [5, 5.41) is 2.86. The maximum atomic E-state index is 13.9. The minimum absolute atomic E-state index is 0.0243. The molecule has 6 heteroatoms. The third-order valence-electron chi connectivity index (χ3n) is 6.02. The van der Waals surface area contributed by atoms with Gasteiger partial charge in [0.1, 0.15) is 17.5 Å². The van der Waals surface area contributed by atoms with Crippen LogP contribution in [0.2, 0.25) is 0 Å². The van der Waals surface area contributed by atoms with Crippen LogP contribution < -0.4 is 5.32 Å². The molecule has 166 valence electrons. The van der Waals surface area contributed by atoms with Crippen molar-refractivity contribution >= 4 is 5.91 Å². The number of amides is 1. The Hall–Kier alpha value is -3.12. The van der Waals surface area contributed by atoms with Gasteiger partial charge >= 0.3 is 0 Å². The van der Waals surface area contributed by atoms with Gasteiger partial charge in [0.05, 0.1) is 5.92 Å². The van der Waals surface area contributed by atoms with E-state index in [0.717, 1.165) is 17.5 Å². The number of likely N-dealkylation sites (tertiary alicyclic amines) is 1. The molecule has 1 amide bonds. The summed E-state index contributed by atoms with van der Waals surface area (Å²) < 4.78 is 40.6. The van der Waals surface area contributed by atoms with Gasteiger partial charge in [-0.3, -0.25) is 9.69 Å². The van der Waals surface area contributed by atoms with E-state index in [1.165, 1.54) is 30.3 Å². The molecule has 2 unspecified atom stereocenters. The summed E-state index contributed by atoms with van der Waals surface area (Å²) in [4.78, 5) is 15.0. The summed E-state index contributed by atoms with van der Waals surface area (Å²) in [6.07, 6.45) is 1.40. The number of carbonyl (C=O) groups is 1. The van der Waals surface area contributed by atoms with Gasteiger partial charge in [-0.25, -0.2) is 13.2 Å². The Morgan fingerprint density at radius 2 is 1.53 bits per heavy atom. The topological polar surface area (TPSA) is 32.3 Å². The highest BCUT2D eigenvalue weighted by atomic mass is 19.1. The van der Waals surface area contributed by atoms with Gasteiger partial charge in [0.25, 0.3) is 0 Å². The molecular formula is C26H25F3N2O. The average Bonchev–Trinajstić information content (AvgIpc) is 2.80. The van der Waals surface area contributed by atoms with Crippen LogP contribution in [0.1, 0.15) is 35.6 Å². The molecule has 0 bridgehead atoms. The van der Waals surface area contributed by atoms with Crippen LogP contribution in [-0.4, -0.2) is 17.4 Å². The fourth-order valence-corrected chi connectivity index (χ4v) is 4.29. The highest BCUT2D eigenvalue weighted by Crippen LogP contribution is 2.35. The van der Waals surface area contributed by atoms with Crippen LogP contribution in [0.25, 0.3) is 0 Å². The van der Waals surface area contributed by atoms with Crippen LogP contribution in [0, 0.1) is 23.4 Å². The monoisotopic (exact) mass is 438 g/mol. The number of nitrogens with zero attached hydrogens (tertiary/aromatic N) is 1. The van der Waals surface area contributed by atoms with Crippen LogP contribution >= 0.6 is 0 Å². The summed E-state index contributed by atoms with van der Waals surface area (Å²) in [5.41, 5.74) is 2.37. The third kappa shape index (κ3) is 5.37. The normalized spacial score (nSPS) is 19.0. The molecule has 1 saturated heterocycles. The second kappa shape index (κ2) is 10.0. The quantitative estimate of drug-likeness (QED) is 0.561. The van der Waals surface area contributed by atoms with Gasteiger partial charge in [-0.2, -0.15) is 0 Å². The predicted molar refractivity (Wildman–Crippen MR) is 117 cm³/mol. The Kier molecular flexibility index (Phi) is 6.90. The van der Waals surface area contributed by atoms with Gasteiger partial charge in [-0.05, 0) is 54.3 Å². The molecule has 1 aliphatic heterocycles. The Labute approximate surface area is 185 Å². The Morgan fingerprint density at radius 3 is 2.22 bits per heavy atom. The zero-order chi connectivity index (χ0) is 22.5. The molecule has 0 aromatic heterocycles. The minimum Gasteiger partial charge on any atom is -0.352 e. The van der Waals surface area contributed by atoms with Crippen molar-refractivity contribution in [3.63, 3.8) is 0 Å². The minimum atomic E-state index is -0.342. The molecule has 4 rings (SSSR count). The highest BCUT2D eigenvalue weighted by molar-refractivity contribution is 5.79. The molecule has 32 heavy (non-hydrogen) atoms. The SMILES string of the molecule is O=C(NCc1ccccc1F)C1CCC(c2ccc(F)cc2)N(Cc2ccc(F)cc2)C1. The molecule has 3 aromatic rings. The lowest BCUT2D eigenvalue weighted by molar-refractivity contribution is -0.127. The summed E-state index contributed by atoms with van der Waals surface area (Å²) in [7, 11) is 0. The number of halogens is 3. The maximum absolute atomic E-state index is 13.9. The van der Waals surface area contributed by atoms with Crippen molar-refractivity contribution in [2.24, 2.45) is 5.92 Å². The zero-order valence-electron chi connectivity index (χ0n) is 17.6. The van der Waals surface area contributed by atoms with Crippen LogP contribution in [-0.2, 0) is 17.9 Å². The van der Waals surface area contributed by atoms with E-state index in [1.54, 1.807) is 42.5 Å². The standard InChI is InChI=1S/C26H25F3N2O/c27-22-10-5-18(6-11-22)16-31-17-21(9-14-25(31)19-7-12-23(28)13-8-19)26(32)30-15-20-3-1-2-4-24(20)29/h1-8,10-13,21,25H,9,14-17H2,(H,30,32). The first kappa shape index (κ1) is 22.1. The van der Waals surface area contributed by atoms with Crippen molar-refractivity contribution < 1.29 is 18.0 Å². The van der Waals surface area contributed by atoms with E-state index >= 15 is 0 Å². The molecule has 1 heterocycles. The molecule has 0 radical (unpaired) electrons. The number of hydrogen-bond acceptors (Lipinski definition) is 2. The van der Waals surface area contributed by atoms with Gasteiger partial charge in [0.15, 0.2) is 0 Å². The van der Waals surface area contributed by atoms with Gasteiger partial charge in [-0.1, -0.05) is 42.5 Å². The van der Waals surface area contributed by atoms with E-state index in [-0.39, 0.29) is 41.9 Å². The van der Waals surface area contributed by atoms with Crippen molar-refractivity contribution in [2.75, 3.05) is 6.54 Å². The van der Waals surface area contributed by atoms with E-state index in [9.17, 15) is 18.0 Å². The number of piperidine rings is 1. The van der Waals surface area contributed by atoms with Crippen LogP contribution in [0.5, 0.6) is 0 Å². The van der Waals surface area contributed by atoms with Crippen molar-refractivity contribution in [1.82, 2.24) is 10.2 Å². The van der Waals surface area contributed by atoms with Gasteiger partial charge in [-0.15, -0.1) is 0 Å². The second-order valence-corrected chi connectivity index (χ2v) is 8.21. The van der Waals surface area contributed by atoms with E-state index in [0.29, 0.717) is 25.1 Å². The smallest absolute Gasteiger partial charge is 0.224 e. The van der Waals surface area contributed by atoms with Gasteiger partial charge < -0.3 is 5.32 Å². The van der Waals surface area contributed by atoms with E-state index in [2.05, 4.69) is 10.2 Å². The van der Waals surface area contributed by atoms with Crippen LogP contribution in [0.3, 0.4) is 0 Å².